The molecule has 84 valence electrons. The second kappa shape index (κ2) is 5.42. The van der Waals surface area contributed by atoms with Gasteiger partial charge in [-0.05, 0) is 30.7 Å². The van der Waals surface area contributed by atoms with Gasteiger partial charge in [0.25, 0.3) is 0 Å². The maximum absolute atomic E-state index is 11.6. The maximum Gasteiger partial charge on any atom is 0.357 e. The third-order valence-electron chi connectivity index (χ3n) is 1.83. The molecule has 4 nitrogen and oxygen atoms in total. The van der Waals surface area contributed by atoms with Gasteiger partial charge in [-0.3, -0.25) is 9.59 Å². The summed E-state index contributed by atoms with van der Waals surface area (Å²) in [6, 6.07) is 0. The molecular weight excluding hydrogens is 238 g/mol. The fourth-order valence-corrected chi connectivity index (χ4v) is 2.26. The Balaban J connectivity index is 2.89. The zero-order valence-electron chi connectivity index (χ0n) is 8.58. The van der Waals surface area contributed by atoms with Gasteiger partial charge in [0.15, 0.2) is 0 Å². The number of rotatable bonds is 4. The molecular formula is C9H12ClNO3S. The highest BCUT2D eigenvalue weighted by Crippen LogP contribution is 2.20. The predicted molar refractivity (Wildman–Crippen MR) is 60.0 cm³/mol. The number of thioether (sulfide) groups is 1. The molecule has 0 aromatic carbocycles. The number of halogens is 1. The molecule has 1 heterocycles. The Bertz CT molecular complexity index is 410. The minimum atomic E-state index is -0.912. The number of nitrogens with zero attached hydrogens (tertiary/aromatic N) is 1. The quantitative estimate of drug-likeness (QED) is 0.468. The van der Waals surface area contributed by atoms with E-state index >= 15 is 0 Å². The van der Waals surface area contributed by atoms with Crippen LogP contribution < -0.4 is 5.56 Å². The Morgan fingerprint density at radius 1 is 1.60 bits per heavy atom. The van der Waals surface area contributed by atoms with E-state index in [-0.39, 0.29) is 0 Å². The predicted octanol–water partition coefficient (Wildman–Crippen LogP) is 2.85. The van der Waals surface area contributed by atoms with Gasteiger partial charge < -0.3 is 4.52 Å². The number of carbonyl (C=O) groups is 1. The first-order chi connectivity index (χ1) is 7.07. The summed E-state index contributed by atoms with van der Waals surface area (Å²) in [5, 5.41) is -0.912. The van der Waals surface area contributed by atoms with E-state index in [0.717, 1.165) is 18.6 Å². The molecule has 1 aromatic heterocycles. The third kappa shape index (κ3) is 2.89. The van der Waals surface area contributed by atoms with E-state index in [9.17, 15) is 9.59 Å². The van der Waals surface area contributed by atoms with E-state index in [1.807, 2.05) is 0 Å². The van der Waals surface area contributed by atoms with Crippen molar-refractivity contribution < 1.29 is 9.32 Å². The Kier molecular flexibility index (Phi) is 4.47. The van der Waals surface area contributed by atoms with Crippen LogP contribution in [0.15, 0.2) is 14.2 Å². The normalized spacial score (nSPS) is 10.6. The topological polar surface area (TPSA) is 52.2 Å². The van der Waals surface area contributed by atoms with Gasteiger partial charge in [0.1, 0.15) is 10.7 Å². The van der Waals surface area contributed by atoms with Crippen molar-refractivity contribution in [1.82, 2.24) is 4.74 Å². The van der Waals surface area contributed by atoms with Crippen LogP contribution in [0.3, 0.4) is 0 Å². The molecule has 0 saturated carbocycles. The van der Waals surface area contributed by atoms with Crippen molar-refractivity contribution in [3.05, 3.63) is 16.1 Å². The first-order valence-corrected chi connectivity index (χ1v) is 5.99. The fourth-order valence-electron chi connectivity index (χ4n) is 1.06. The summed E-state index contributed by atoms with van der Waals surface area (Å²) >= 11 is 6.57. The highest BCUT2D eigenvalue weighted by molar-refractivity contribution is 7.99. The van der Waals surface area contributed by atoms with Crippen LogP contribution in [0.25, 0.3) is 0 Å². The van der Waals surface area contributed by atoms with Crippen molar-refractivity contribution in [2.24, 2.45) is 0 Å². The third-order valence-corrected chi connectivity index (χ3v) is 3.23. The van der Waals surface area contributed by atoms with Crippen molar-refractivity contribution in [3.63, 3.8) is 0 Å². The van der Waals surface area contributed by atoms with Crippen LogP contribution >= 0.6 is 23.4 Å². The highest BCUT2D eigenvalue weighted by atomic mass is 35.5. The highest BCUT2D eigenvalue weighted by Gasteiger charge is 2.17. The molecule has 0 aliphatic rings. The lowest BCUT2D eigenvalue weighted by molar-refractivity contribution is 0.226. The first kappa shape index (κ1) is 12.4. The lowest BCUT2D eigenvalue weighted by Gasteiger charge is -1.94. The zero-order valence-corrected chi connectivity index (χ0v) is 10.2. The van der Waals surface area contributed by atoms with Crippen LogP contribution in [0.5, 0.6) is 0 Å². The SMILES string of the molecule is CCCCSc1c(C)on(C(=O)Cl)c1=O. The second-order valence-corrected chi connectivity index (χ2v) is 4.46. The Morgan fingerprint density at radius 2 is 2.27 bits per heavy atom. The molecule has 0 atom stereocenters. The standard InChI is InChI=1S/C9H12ClNO3S/c1-3-4-5-15-7-6(2)14-11(8(7)12)9(10)13/h3-5H2,1-2H3. The number of hydrogen-bond donors (Lipinski definition) is 0. The summed E-state index contributed by atoms with van der Waals surface area (Å²) < 4.78 is 5.51. The second-order valence-electron chi connectivity index (χ2n) is 3.03. The summed E-state index contributed by atoms with van der Waals surface area (Å²) in [6.07, 6.45) is 2.08. The Labute approximate surface area is 96.5 Å². The van der Waals surface area contributed by atoms with Gasteiger partial charge >= 0.3 is 10.9 Å². The van der Waals surface area contributed by atoms with Crippen molar-refractivity contribution in [1.29, 1.82) is 0 Å². The lowest BCUT2D eigenvalue weighted by atomic mass is 10.4. The molecule has 0 unspecified atom stereocenters. The average molecular weight is 250 g/mol. The van der Waals surface area contributed by atoms with E-state index in [1.54, 1.807) is 6.92 Å². The van der Waals surface area contributed by atoms with E-state index in [1.165, 1.54) is 11.8 Å². The smallest absolute Gasteiger partial charge is 0.357 e. The van der Waals surface area contributed by atoms with Gasteiger partial charge in [0, 0.05) is 0 Å². The molecule has 0 fully saturated rings. The van der Waals surface area contributed by atoms with Gasteiger partial charge in [0.2, 0.25) is 0 Å². The van der Waals surface area contributed by atoms with Crippen molar-refractivity contribution in [2.45, 2.75) is 31.6 Å². The number of unbranched alkanes of at least 4 members (excludes halogenated alkanes) is 1. The molecule has 0 spiro atoms. The molecule has 0 aliphatic heterocycles. The largest absolute Gasteiger partial charge is 0.371 e. The fraction of sp³-hybridized carbons (Fsp3) is 0.556. The van der Waals surface area contributed by atoms with Crippen LogP contribution in [0.2, 0.25) is 0 Å². The molecule has 15 heavy (non-hydrogen) atoms. The number of aryl methyl sites for hydroxylation is 1. The summed E-state index contributed by atoms with van der Waals surface area (Å²) in [6.45, 7) is 3.72. The first-order valence-electron chi connectivity index (χ1n) is 4.63. The minimum absolute atomic E-state index is 0.440. The van der Waals surface area contributed by atoms with Crippen LogP contribution in [0.4, 0.5) is 4.79 Å². The summed E-state index contributed by atoms with van der Waals surface area (Å²) in [5.74, 6) is 1.28. The molecule has 6 heteroatoms. The van der Waals surface area contributed by atoms with Gasteiger partial charge in [-0.15, -0.1) is 11.8 Å². The lowest BCUT2D eigenvalue weighted by Crippen LogP contribution is -2.18. The maximum atomic E-state index is 11.6. The summed E-state index contributed by atoms with van der Waals surface area (Å²) in [5.41, 5.74) is -0.464. The van der Waals surface area contributed by atoms with Crippen LogP contribution in [-0.2, 0) is 0 Å². The number of aromatic nitrogens is 1. The van der Waals surface area contributed by atoms with E-state index in [2.05, 4.69) is 6.92 Å². The van der Waals surface area contributed by atoms with Crippen molar-refractivity contribution in [3.8, 4) is 0 Å². The molecule has 0 saturated heterocycles. The number of carbonyl (C=O) groups excluding carboxylic acids is 1. The molecule has 1 aromatic rings. The van der Waals surface area contributed by atoms with Gasteiger partial charge in [-0.25, -0.2) is 0 Å². The van der Waals surface area contributed by atoms with Crippen LogP contribution in [-0.4, -0.2) is 15.9 Å². The number of hydrogen-bond acceptors (Lipinski definition) is 4. The minimum Gasteiger partial charge on any atom is -0.371 e. The van der Waals surface area contributed by atoms with Crippen molar-refractivity contribution in [2.75, 3.05) is 5.75 Å². The summed E-state index contributed by atoms with van der Waals surface area (Å²) in [7, 11) is 0. The summed E-state index contributed by atoms with van der Waals surface area (Å²) in [4.78, 5) is 22.8. The molecule has 1 rings (SSSR count). The molecule has 0 N–H and O–H groups in total. The molecule has 0 aliphatic carbocycles. The van der Waals surface area contributed by atoms with Gasteiger partial charge in [-0.2, -0.15) is 0 Å². The average Bonchev–Trinajstić information content (AvgIpc) is 2.45. The monoisotopic (exact) mass is 249 g/mol. The van der Waals surface area contributed by atoms with E-state index in [0.29, 0.717) is 15.4 Å². The molecule has 0 bridgehead atoms. The zero-order chi connectivity index (χ0) is 11.4. The van der Waals surface area contributed by atoms with Crippen LogP contribution in [0.1, 0.15) is 25.5 Å². The molecule has 0 radical (unpaired) electrons. The Hall–Kier alpha value is -0.680. The molecule has 0 amide bonds. The van der Waals surface area contributed by atoms with E-state index in [4.69, 9.17) is 16.1 Å². The Morgan fingerprint density at radius 3 is 2.73 bits per heavy atom. The van der Waals surface area contributed by atoms with Gasteiger partial charge in [0.05, 0.1) is 0 Å². The van der Waals surface area contributed by atoms with Crippen molar-refractivity contribution >= 4 is 28.7 Å². The van der Waals surface area contributed by atoms with E-state index < -0.39 is 10.9 Å². The van der Waals surface area contributed by atoms with Gasteiger partial charge in [-0.1, -0.05) is 18.1 Å². The van der Waals surface area contributed by atoms with Crippen LogP contribution in [0, 0.1) is 6.92 Å².